The molecule has 0 bridgehead atoms. The Kier molecular flexibility index (Phi) is 4.37. The van der Waals surface area contributed by atoms with E-state index in [1.165, 1.54) is 17.1 Å². The van der Waals surface area contributed by atoms with E-state index in [0.717, 1.165) is 10.0 Å². The van der Waals surface area contributed by atoms with Crippen molar-refractivity contribution < 1.29 is 13.2 Å². The number of Topliss-reactive ketones (excluding diaryl/α,β-unsaturated/α-hetero) is 1. The van der Waals surface area contributed by atoms with Crippen LogP contribution < -0.4 is 0 Å². The van der Waals surface area contributed by atoms with Crippen LogP contribution in [0.25, 0.3) is 10.9 Å². The van der Waals surface area contributed by atoms with Crippen LogP contribution in [0.4, 0.5) is 0 Å². The second-order valence-electron chi connectivity index (χ2n) is 6.29. The van der Waals surface area contributed by atoms with Gasteiger partial charge in [-0.25, -0.2) is 12.4 Å². The van der Waals surface area contributed by atoms with Gasteiger partial charge in [-0.15, -0.1) is 0 Å². The normalized spacial score (nSPS) is 11.9. The van der Waals surface area contributed by atoms with Gasteiger partial charge in [0, 0.05) is 21.6 Å². The Labute approximate surface area is 155 Å². The summed E-state index contributed by atoms with van der Waals surface area (Å²) in [5.74, 6) is -0.168. The number of nitrogens with zero attached hydrogens (tertiary/aromatic N) is 1. The van der Waals surface area contributed by atoms with E-state index < -0.39 is 10.0 Å². The van der Waals surface area contributed by atoms with E-state index in [1.54, 1.807) is 32.0 Å². The highest BCUT2D eigenvalue weighted by atomic mass is 79.9. The first-order valence-electron chi connectivity index (χ1n) is 7.78. The molecule has 0 saturated carbocycles. The SMILES string of the molecule is CC(=O)c1cn(S(=O)(=O)c2c(C)cc(C)cc2C)c2cc(Br)ccc12. The monoisotopic (exact) mass is 419 g/mol. The minimum absolute atomic E-state index is 0.168. The molecule has 3 aromatic rings. The highest BCUT2D eigenvalue weighted by Crippen LogP contribution is 2.31. The molecule has 2 aromatic carbocycles. The molecule has 0 amide bonds. The smallest absolute Gasteiger partial charge is 0.268 e. The number of benzene rings is 2. The molecule has 4 nitrogen and oxygen atoms in total. The molecule has 0 unspecified atom stereocenters. The van der Waals surface area contributed by atoms with Crippen LogP contribution >= 0.6 is 15.9 Å². The van der Waals surface area contributed by atoms with Gasteiger partial charge in [0.05, 0.1) is 10.4 Å². The van der Waals surface area contributed by atoms with Gasteiger partial charge in [0.1, 0.15) is 0 Å². The molecule has 1 aromatic heterocycles. The number of hydrogen-bond donors (Lipinski definition) is 0. The van der Waals surface area contributed by atoms with E-state index in [0.29, 0.717) is 27.6 Å². The van der Waals surface area contributed by atoms with Crippen LogP contribution in [0.5, 0.6) is 0 Å². The molecule has 0 atom stereocenters. The van der Waals surface area contributed by atoms with Crippen molar-refractivity contribution in [1.82, 2.24) is 3.97 Å². The average molecular weight is 420 g/mol. The van der Waals surface area contributed by atoms with Crippen molar-refractivity contribution in [3.63, 3.8) is 0 Å². The molecular formula is C19H18BrNO3S. The second kappa shape index (κ2) is 6.11. The number of halogens is 1. The highest BCUT2D eigenvalue weighted by Gasteiger charge is 2.26. The maximum absolute atomic E-state index is 13.4. The van der Waals surface area contributed by atoms with Gasteiger partial charge in [0.2, 0.25) is 0 Å². The number of fused-ring (bicyclic) bond motifs is 1. The van der Waals surface area contributed by atoms with E-state index in [2.05, 4.69) is 15.9 Å². The van der Waals surface area contributed by atoms with Crippen LogP contribution in [0.2, 0.25) is 0 Å². The zero-order chi connectivity index (χ0) is 18.5. The molecule has 25 heavy (non-hydrogen) atoms. The Bertz CT molecular complexity index is 1100. The van der Waals surface area contributed by atoms with Crippen molar-refractivity contribution in [3.05, 3.63) is 63.3 Å². The van der Waals surface area contributed by atoms with Gasteiger partial charge in [0.25, 0.3) is 10.0 Å². The summed E-state index contributed by atoms with van der Waals surface area (Å²) in [5.41, 5.74) is 3.28. The van der Waals surface area contributed by atoms with Crippen LogP contribution in [-0.2, 0) is 10.0 Å². The Morgan fingerprint density at radius 2 is 1.64 bits per heavy atom. The predicted molar refractivity (Wildman–Crippen MR) is 103 cm³/mol. The van der Waals surface area contributed by atoms with Crippen molar-refractivity contribution in [1.29, 1.82) is 0 Å². The fourth-order valence-corrected chi connectivity index (χ4v) is 5.45. The van der Waals surface area contributed by atoms with Gasteiger partial charge < -0.3 is 0 Å². The fraction of sp³-hybridized carbons (Fsp3) is 0.211. The lowest BCUT2D eigenvalue weighted by Gasteiger charge is -2.14. The summed E-state index contributed by atoms with van der Waals surface area (Å²) in [6.07, 6.45) is 1.42. The van der Waals surface area contributed by atoms with Crippen molar-refractivity contribution in [3.8, 4) is 0 Å². The molecule has 130 valence electrons. The van der Waals surface area contributed by atoms with Crippen molar-refractivity contribution in [2.45, 2.75) is 32.6 Å². The predicted octanol–water partition coefficient (Wildman–Crippen LogP) is 4.77. The first-order chi connectivity index (χ1) is 11.6. The van der Waals surface area contributed by atoms with Crippen LogP contribution in [0.3, 0.4) is 0 Å². The molecule has 6 heteroatoms. The minimum atomic E-state index is -3.83. The van der Waals surface area contributed by atoms with E-state index in [9.17, 15) is 13.2 Å². The Hall–Kier alpha value is -1.92. The van der Waals surface area contributed by atoms with Crippen LogP contribution in [0, 0.1) is 20.8 Å². The summed E-state index contributed by atoms with van der Waals surface area (Å²) >= 11 is 3.38. The van der Waals surface area contributed by atoms with Gasteiger partial charge >= 0.3 is 0 Å². The molecule has 0 saturated heterocycles. The van der Waals surface area contributed by atoms with Gasteiger partial charge in [-0.2, -0.15) is 0 Å². The summed E-state index contributed by atoms with van der Waals surface area (Å²) in [6, 6.07) is 8.99. The third-order valence-corrected chi connectivity index (χ3v) is 6.71. The van der Waals surface area contributed by atoms with Gasteiger partial charge in [-0.3, -0.25) is 4.79 Å². The Morgan fingerprint density at radius 1 is 1.04 bits per heavy atom. The lowest BCUT2D eigenvalue weighted by atomic mass is 10.1. The maximum atomic E-state index is 13.4. The molecule has 0 N–H and O–H groups in total. The number of aromatic nitrogens is 1. The zero-order valence-corrected chi connectivity index (χ0v) is 16.8. The van der Waals surface area contributed by atoms with E-state index >= 15 is 0 Å². The minimum Gasteiger partial charge on any atom is -0.294 e. The number of carbonyl (C=O) groups excluding carboxylic acids is 1. The standard InChI is InChI=1S/C19H18BrNO3S/c1-11-7-12(2)19(13(3)8-11)25(23,24)21-10-17(14(4)22)16-6-5-15(20)9-18(16)21/h5-10H,1-4H3. The number of hydrogen-bond acceptors (Lipinski definition) is 3. The van der Waals surface area contributed by atoms with E-state index in [1.807, 2.05) is 19.1 Å². The zero-order valence-electron chi connectivity index (χ0n) is 14.4. The Morgan fingerprint density at radius 3 is 2.20 bits per heavy atom. The van der Waals surface area contributed by atoms with Gasteiger partial charge in [0.15, 0.2) is 5.78 Å². The lowest BCUT2D eigenvalue weighted by molar-refractivity contribution is 0.101. The number of ketones is 1. The van der Waals surface area contributed by atoms with E-state index in [4.69, 9.17) is 0 Å². The number of carbonyl (C=O) groups is 1. The van der Waals surface area contributed by atoms with E-state index in [-0.39, 0.29) is 10.7 Å². The summed E-state index contributed by atoms with van der Waals surface area (Å²) in [7, 11) is -3.83. The first kappa shape index (κ1) is 17.9. The molecule has 1 heterocycles. The van der Waals surface area contributed by atoms with Crippen LogP contribution in [0.1, 0.15) is 34.0 Å². The van der Waals surface area contributed by atoms with Crippen molar-refractivity contribution in [2.24, 2.45) is 0 Å². The maximum Gasteiger partial charge on any atom is 0.268 e. The molecule has 0 radical (unpaired) electrons. The van der Waals surface area contributed by atoms with Crippen LogP contribution in [-0.4, -0.2) is 18.2 Å². The largest absolute Gasteiger partial charge is 0.294 e. The fourth-order valence-electron chi connectivity index (χ4n) is 3.32. The topological polar surface area (TPSA) is 56.1 Å². The molecule has 0 aliphatic carbocycles. The van der Waals surface area contributed by atoms with Crippen molar-refractivity contribution >= 4 is 42.6 Å². The second-order valence-corrected chi connectivity index (χ2v) is 8.96. The first-order valence-corrected chi connectivity index (χ1v) is 10.0. The summed E-state index contributed by atoms with van der Waals surface area (Å²) in [4.78, 5) is 12.3. The summed E-state index contributed by atoms with van der Waals surface area (Å²) in [6.45, 7) is 6.96. The molecule has 0 aliphatic rings. The summed E-state index contributed by atoms with van der Waals surface area (Å²) in [5, 5.41) is 0.627. The molecule has 0 spiro atoms. The third-order valence-electron chi connectivity index (χ3n) is 4.23. The quantitative estimate of drug-likeness (QED) is 0.574. The highest BCUT2D eigenvalue weighted by molar-refractivity contribution is 9.10. The lowest BCUT2D eigenvalue weighted by Crippen LogP contribution is -2.15. The van der Waals surface area contributed by atoms with Crippen molar-refractivity contribution in [2.75, 3.05) is 0 Å². The number of rotatable bonds is 3. The molecular weight excluding hydrogens is 402 g/mol. The number of aryl methyl sites for hydroxylation is 3. The van der Waals surface area contributed by atoms with Crippen LogP contribution in [0.15, 0.2) is 45.9 Å². The van der Waals surface area contributed by atoms with Gasteiger partial charge in [-0.05, 0) is 51.0 Å². The molecule has 0 aliphatic heterocycles. The molecule has 0 fully saturated rings. The Balaban J connectivity index is 2.40. The molecule has 3 rings (SSSR count). The van der Waals surface area contributed by atoms with Gasteiger partial charge in [-0.1, -0.05) is 39.7 Å². The average Bonchev–Trinajstić information content (AvgIpc) is 2.85. The third kappa shape index (κ3) is 2.93. The summed E-state index contributed by atoms with van der Waals surface area (Å²) < 4.78 is 28.7.